The summed E-state index contributed by atoms with van der Waals surface area (Å²) in [7, 11) is 0. The van der Waals surface area contributed by atoms with E-state index < -0.39 is 35.3 Å². The summed E-state index contributed by atoms with van der Waals surface area (Å²) in [5.41, 5.74) is -0.143. The molecule has 0 radical (unpaired) electrons. The molecule has 1 fully saturated rings. The average molecular weight is 413 g/mol. The zero-order chi connectivity index (χ0) is 20.3. The number of nitrogens with one attached hydrogen (secondary N) is 1. The van der Waals surface area contributed by atoms with Gasteiger partial charge in [-0.25, -0.2) is 17.6 Å². The summed E-state index contributed by atoms with van der Waals surface area (Å²) in [5, 5.41) is 12.2. The van der Waals surface area contributed by atoms with Crippen LogP contribution in [-0.4, -0.2) is 22.4 Å². The second-order valence-corrected chi connectivity index (χ2v) is 8.11. The fourth-order valence-corrected chi connectivity index (χ4v) is 4.48. The molecule has 0 aromatic heterocycles. The summed E-state index contributed by atoms with van der Waals surface area (Å²) in [5.74, 6) is -5.65. The van der Waals surface area contributed by atoms with Crippen molar-refractivity contribution in [3.05, 3.63) is 59.2 Å². The van der Waals surface area contributed by atoms with Crippen molar-refractivity contribution < 1.29 is 27.5 Å². The molecule has 0 aliphatic heterocycles. The fraction of sp³-hybridized carbons (Fsp3) is 0.350. The summed E-state index contributed by atoms with van der Waals surface area (Å²) in [4.78, 5) is 12.6. The van der Waals surface area contributed by atoms with E-state index in [1.165, 1.54) is 23.9 Å². The smallest absolute Gasteiger partial charge is 0.255 e. The Kier molecular flexibility index (Phi) is 6.61. The van der Waals surface area contributed by atoms with Crippen molar-refractivity contribution in [1.29, 1.82) is 0 Å². The van der Waals surface area contributed by atoms with Gasteiger partial charge in [0.25, 0.3) is 5.91 Å². The molecular weight excluding hydrogens is 394 g/mol. The van der Waals surface area contributed by atoms with Gasteiger partial charge in [-0.1, -0.05) is 12.8 Å². The van der Waals surface area contributed by atoms with Gasteiger partial charge in [0.15, 0.2) is 17.5 Å². The molecule has 3 rings (SSSR count). The minimum Gasteiger partial charge on any atom is -0.393 e. The van der Waals surface area contributed by atoms with Crippen LogP contribution in [0.1, 0.15) is 42.5 Å². The lowest BCUT2D eigenvalue weighted by molar-refractivity contribution is 0.102. The molecule has 0 saturated heterocycles. The third kappa shape index (κ3) is 5.05. The average Bonchev–Trinajstić information content (AvgIpc) is 2.85. The number of carbonyl (C=O) groups excluding carboxylic acids is 1. The highest BCUT2D eigenvalue weighted by atomic mass is 32.2. The van der Waals surface area contributed by atoms with Crippen LogP contribution < -0.4 is 5.32 Å². The molecule has 3 nitrogen and oxygen atoms in total. The Hall–Kier alpha value is -2.06. The van der Waals surface area contributed by atoms with Crippen LogP contribution in [0.3, 0.4) is 0 Å². The van der Waals surface area contributed by atoms with Crippen LogP contribution in [0.25, 0.3) is 0 Å². The number of thioether (sulfide) groups is 1. The number of halogens is 4. The molecule has 2 aromatic carbocycles. The number of amides is 1. The maximum absolute atomic E-state index is 14.2. The van der Waals surface area contributed by atoms with Crippen molar-refractivity contribution in [3.8, 4) is 0 Å². The highest BCUT2D eigenvalue weighted by molar-refractivity contribution is 8.00. The molecule has 150 valence electrons. The molecule has 0 bridgehead atoms. The first-order valence-corrected chi connectivity index (χ1v) is 9.81. The van der Waals surface area contributed by atoms with Crippen LogP contribution in [0, 0.1) is 23.3 Å². The number of rotatable bonds is 4. The first kappa shape index (κ1) is 20.7. The van der Waals surface area contributed by atoms with Gasteiger partial charge in [0.2, 0.25) is 0 Å². The Bertz CT molecular complexity index is 854. The molecule has 2 aromatic rings. The van der Waals surface area contributed by atoms with Crippen molar-refractivity contribution in [2.24, 2.45) is 0 Å². The number of aliphatic hydroxyl groups is 1. The van der Waals surface area contributed by atoms with Gasteiger partial charge in [-0.05, 0) is 37.5 Å². The van der Waals surface area contributed by atoms with Gasteiger partial charge >= 0.3 is 0 Å². The Morgan fingerprint density at radius 1 is 1.00 bits per heavy atom. The molecular formula is C20H19F4NO2S. The zero-order valence-electron chi connectivity index (χ0n) is 14.9. The quantitative estimate of drug-likeness (QED) is 0.407. The van der Waals surface area contributed by atoms with E-state index >= 15 is 0 Å². The summed E-state index contributed by atoms with van der Waals surface area (Å²) >= 11 is 1.27. The van der Waals surface area contributed by atoms with E-state index in [2.05, 4.69) is 5.32 Å². The number of carbonyl (C=O) groups is 1. The third-order valence-corrected chi connectivity index (χ3v) is 5.91. The first-order chi connectivity index (χ1) is 13.3. The summed E-state index contributed by atoms with van der Waals surface area (Å²) in [6.07, 6.45) is 3.57. The molecule has 0 spiro atoms. The van der Waals surface area contributed by atoms with Gasteiger partial charge in [-0.3, -0.25) is 4.79 Å². The maximum Gasteiger partial charge on any atom is 0.255 e. The van der Waals surface area contributed by atoms with E-state index in [0.717, 1.165) is 31.7 Å². The Morgan fingerprint density at radius 3 is 2.39 bits per heavy atom. The molecule has 1 amide bonds. The SMILES string of the molecule is O=C(Nc1cc(F)c(F)c(F)c1)c1ccc(F)c(S[C@@H]2CCCC[C@@H](O)C2)c1. The van der Waals surface area contributed by atoms with E-state index in [9.17, 15) is 27.5 Å². The van der Waals surface area contributed by atoms with Crippen LogP contribution in [-0.2, 0) is 0 Å². The lowest BCUT2D eigenvalue weighted by Gasteiger charge is -2.17. The lowest BCUT2D eigenvalue weighted by Crippen LogP contribution is -2.14. The molecule has 2 N–H and O–H groups in total. The third-order valence-electron chi connectivity index (χ3n) is 4.58. The molecule has 1 saturated carbocycles. The highest BCUT2D eigenvalue weighted by Gasteiger charge is 2.21. The molecule has 0 unspecified atom stereocenters. The van der Waals surface area contributed by atoms with Gasteiger partial charge < -0.3 is 10.4 Å². The van der Waals surface area contributed by atoms with Crippen molar-refractivity contribution in [1.82, 2.24) is 0 Å². The van der Waals surface area contributed by atoms with Crippen molar-refractivity contribution in [2.75, 3.05) is 5.32 Å². The lowest BCUT2D eigenvalue weighted by atomic mass is 10.2. The second kappa shape index (κ2) is 8.96. The normalized spacial score (nSPS) is 19.9. The predicted molar refractivity (Wildman–Crippen MR) is 99.4 cm³/mol. The molecule has 1 aliphatic carbocycles. The van der Waals surface area contributed by atoms with Gasteiger partial charge in [0.05, 0.1) is 6.10 Å². The van der Waals surface area contributed by atoms with Gasteiger partial charge in [0.1, 0.15) is 5.82 Å². The van der Waals surface area contributed by atoms with Crippen molar-refractivity contribution >= 4 is 23.4 Å². The Morgan fingerprint density at radius 2 is 1.68 bits per heavy atom. The van der Waals surface area contributed by atoms with Crippen molar-refractivity contribution in [2.45, 2.75) is 48.4 Å². The Labute approximate surface area is 164 Å². The van der Waals surface area contributed by atoms with Gasteiger partial charge in [-0.2, -0.15) is 0 Å². The van der Waals surface area contributed by atoms with Gasteiger partial charge in [0, 0.05) is 33.5 Å². The maximum atomic E-state index is 14.2. The molecule has 1 aliphatic rings. The van der Waals surface area contributed by atoms with Crippen LogP contribution in [0.15, 0.2) is 35.2 Å². The molecule has 2 atom stereocenters. The summed E-state index contributed by atoms with van der Waals surface area (Å²) in [6, 6.07) is 5.11. The van der Waals surface area contributed by atoms with Gasteiger partial charge in [-0.15, -0.1) is 11.8 Å². The predicted octanol–water partition coefficient (Wildman–Crippen LogP) is 5.28. The first-order valence-electron chi connectivity index (χ1n) is 8.93. The number of benzene rings is 2. The second-order valence-electron chi connectivity index (χ2n) is 6.77. The molecule has 0 heterocycles. The van der Waals surface area contributed by atoms with E-state index in [0.29, 0.717) is 18.6 Å². The number of hydrogen-bond acceptors (Lipinski definition) is 3. The number of anilines is 1. The monoisotopic (exact) mass is 413 g/mol. The van der Waals surface area contributed by atoms with Crippen molar-refractivity contribution in [3.63, 3.8) is 0 Å². The summed E-state index contributed by atoms with van der Waals surface area (Å²) < 4.78 is 53.8. The van der Waals surface area contributed by atoms with E-state index in [1.54, 1.807) is 0 Å². The minimum absolute atomic E-state index is 0.0330. The topological polar surface area (TPSA) is 49.3 Å². The number of hydrogen-bond donors (Lipinski definition) is 2. The van der Waals surface area contributed by atoms with Crippen LogP contribution in [0.2, 0.25) is 0 Å². The minimum atomic E-state index is -1.62. The van der Waals surface area contributed by atoms with E-state index in [1.807, 2.05) is 0 Å². The fourth-order valence-electron chi connectivity index (χ4n) is 3.14. The van der Waals surface area contributed by atoms with E-state index in [4.69, 9.17) is 0 Å². The van der Waals surface area contributed by atoms with E-state index in [-0.39, 0.29) is 21.4 Å². The largest absolute Gasteiger partial charge is 0.393 e. The van der Waals surface area contributed by atoms with Crippen LogP contribution in [0.5, 0.6) is 0 Å². The van der Waals surface area contributed by atoms with Crippen LogP contribution in [0.4, 0.5) is 23.2 Å². The molecule has 8 heteroatoms. The highest BCUT2D eigenvalue weighted by Crippen LogP contribution is 2.35. The number of aliphatic hydroxyl groups excluding tert-OH is 1. The standard InChI is InChI=1S/C20H19F4NO2S/c21-15-6-5-11(7-18(15)28-14-4-2-1-3-13(26)10-14)20(27)25-12-8-16(22)19(24)17(23)9-12/h5-9,13-14,26H,1-4,10H2,(H,25,27)/t13-,14-/m1/s1. The van der Waals surface area contributed by atoms with Crippen LogP contribution >= 0.6 is 11.8 Å². The Balaban J connectivity index is 1.75. The summed E-state index contributed by atoms with van der Waals surface area (Å²) in [6.45, 7) is 0. The zero-order valence-corrected chi connectivity index (χ0v) is 15.7. The molecule has 28 heavy (non-hydrogen) atoms.